The van der Waals surface area contributed by atoms with Crippen molar-refractivity contribution in [2.45, 2.75) is 27.0 Å². The van der Waals surface area contributed by atoms with Crippen LogP contribution < -0.4 is 10.1 Å². The quantitative estimate of drug-likeness (QED) is 0.453. The Bertz CT molecular complexity index is 1220. The van der Waals surface area contributed by atoms with Gasteiger partial charge in [0.05, 0.1) is 10.7 Å². The van der Waals surface area contributed by atoms with E-state index in [1.54, 1.807) is 29.2 Å². The highest BCUT2D eigenvalue weighted by Crippen LogP contribution is 2.18. The molecule has 0 saturated carbocycles. The van der Waals surface area contributed by atoms with Crippen molar-refractivity contribution in [3.8, 4) is 11.6 Å². The van der Waals surface area contributed by atoms with Crippen molar-refractivity contribution < 1.29 is 9.53 Å². The Balaban J connectivity index is 1.38. The molecule has 4 aromatic rings. The topological polar surface area (TPSA) is 81.9 Å². The van der Waals surface area contributed by atoms with E-state index in [9.17, 15) is 4.79 Å². The van der Waals surface area contributed by atoms with Crippen LogP contribution in [0.15, 0.2) is 67.0 Å². The van der Waals surface area contributed by atoms with E-state index in [0.717, 1.165) is 28.3 Å². The second kappa shape index (κ2) is 9.62. The SMILES string of the molecule is Cc1cc(C)n(-c2ccc(Cl)c(C(=O)NCc3ccc(OCc4cccnc4)cc3)n2)n1. The number of benzene rings is 1. The molecule has 0 atom stereocenters. The van der Waals surface area contributed by atoms with Crippen LogP contribution >= 0.6 is 11.6 Å². The molecule has 0 saturated heterocycles. The van der Waals surface area contributed by atoms with Gasteiger partial charge in [0.2, 0.25) is 0 Å². The van der Waals surface area contributed by atoms with Crippen molar-refractivity contribution in [1.29, 1.82) is 0 Å². The average molecular weight is 448 g/mol. The third-order valence-corrected chi connectivity index (χ3v) is 5.08. The first-order valence-electron chi connectivity index (χ1n) is 10.1. The van der Waals surface area contributed by atoms with Crippen LogP contribution in [0.25, 0.3) is 5.82 Å². The maximum Gasteiger partial charge on any atom is 0.271 e. The van der Waals surface area contributed by atoms with Gasteiger partial charge in [-0.2, -0.15) is 5.10 Å². The standard InChI is InChI=1S/C24H22ClN5O2/c1-16-12-17(2)30(29-16)22-10-9-21(25)23(28-22)24(31)27-14-18-5-7-20(8-6-18)32-15-19-4-3-11-26-13-19/h3-13H,14-15H2,1-2H3,(H,27,31). The van der Waals surface area contributed by atoms with Crippen molar-refractivity contribution in [3.63, 3.8) is 0 Å². The fourth-order valence-electron chi connectivity index (χ4n) is 3.19. The van der Waals surface area contributed by atoms with Gasteiger partial charge >= 0.3 is 0 Å². The summed E-state index contributed by atoms with van der Waals surface area (Å²) >= 11 is 6.24. The number of carbonyl (C=O) groups is 1. The van der Waals surface area contributed by atoms with E-state index in [4.69, 9.17) is 16.3 Å². The normalized spacial score (nSPS) is 10.7. The summed E-state index contributed by atoms with van der Waals surface area (Å²) in [6.45, 7) is 4.62. The second-order valence-electron chi connectivity index (χ2n) is 7.32. The molecule has 1 amide bonds. The number of carbonyl (C=O) groups excluding carboxylic acids is 1. The van der Waals surface area contributed by atoms with Crippen molar-refractivity contribution in [3.05, 3.63) is 100 Å². The lowest BCUT2D eigenvalue weighted by Gasteiger charge is -2.10. The second-order valence-corrected chi connectivity index (χ2v) is 7.72. The summed E-state index contributed by atoms with van der Waals surface area (Å²) in [5.41, 5.74) is 3.88. The van der Waals surface area contributed by atoms with Gasteiger partial charge in [-0.15, -0.1) is 0 Å². The summed E-state index contributed by atoms with van der Waals surface area (Å²) in [6, 6.07) is 16.7. The van der Waals surface area contributed by atoms with E-state index in [0.29, 0.717) is 19.0 Å². The number of nitrogens with one attached hydrogen (secondary N) is 1. The highest BCUT2D eigenvalue weighted by Gasteiger charge is 2.15. The Hall–Kier alpha value is -3.71. The molecule has 3 heterocycles. The Kier molecular flexibility index (Phi) is 6.47. The molecule has 0 spiro atoms. The van der Waals surface area contributed by atoms with Crippen LogP contribution in [-0.2, 0) is 13.2 Å². The van der Waals surface area contributed by atoms with Gasteiger partial charge in [-0.3, -0.25) is 9.78 Å². The number of halogens is 1. The molecule has 1 N–H and O–H groups in total. The minimum atomic E-state index is -0.352. The highest BCUT2D eigenvalue weighted by atomic mass is 35.5. The van der Waals surface area contributed by atoms with Gasteiger partial charge in [0.1, 0.15) is 18.1 Å². The summed E-state index contributed by atoms with van der Waals surface area (Å²) in [4.78, 5) is 21.2. The monoisotopic (exact) mass is 447 g/mol. The zero-order valence-corrected chi connectivity index (χ0v) is 18.5. The minimum absolute atomic E-state index is 0.160. The number of hydrogen-bond acceptors (Lipinski definition) is 5. The lowest BCUT2D eigenvalue weighted by Crippen LogP contribution is -2.24. The van der Waals surface area contributed by atoms with Crippen LogP contribution in [0.2, 0.25) is 5.02 Å². The fraction of sp³-hybridized carbons (Fsp3) is 0.167. The molecule has 32 heavy (non-hydrogen) atoms. The first-order chi connectivity index (χ1) is 15.5. The van der Waals surface area contributed by atoms with Crippen LogP contribution in [0.4, 0.5) is 0 Å². The lowest BCUT2D eigenvalue weighted by molar-refractivity contribution is 0.0946. The van der Waals surface area contributed by atoms with Crippen LogP contribution in [-0.4, -0.2) is 25.7 Å². The largest absolute Gasteiger partial charge is 0.489 e. The maximum absolute atomic E-state index is 12.7. The van der Waals surface area contributed by atoms with Crippen molar-refractivity contribution in [2.24, 2.45) is 0 Å². The van der Waals surface area contributed by atoms with Crippen molar-refractivity contribution >= 4 is 17.5 Å². The number of aryl methyl sites for hydroxylation is 2. The van der Waals surface area contributed by atoms with Crippen LogP contribution in [0, 0.1) is 13.8 Å². The molecule has 3 aromatic heterocycles. The van der Waals surface area contributed by atoms with E-state index in [2.05, 4.69) is 20.4 Å². The lowest BCUT2D eigenvalue weighted by atomic mass is 10.2. The average Bonchev–Trinajstić information content (AvgIpc) is 3.15. The molecule has 7 nitrogen and oxygen atoms in total. The van der Waals surface area contributed by atoms with Gasteiger partial charge in [-0.1, -0.05) is 29.8 Å². The maximum atomic E-state index is 12.7. The molecule has 0 radical (unpaired) electrons. The van der Waals surface area contributed by atoms with Crippen LogP contribution in [0.1, 0.15) is 33.0 Å². The van der Waals surface area contributed by atoms with Gasteiger partial charge in [0.25, 0.3) is 5.91 Å². The number of pyridine rings is 2. The zero-order valence-electron chi connectivity index (χ0n) is 17.7. The smallest absolute Gasteiger partial charge is 0.271 e. The molecule has 0 bridgehead atoms. The molecule has 0 fully saturated rings. The predicted octanol–water partition coefficient (Wildman–Crippen LogP) is 4.44. The Morgan fingerprint density at radius 1 is 1.09 bits per heavy atom. The van der Waals surface area contributed by atoms with E-state index < -0.39 is 0 Å². The van der Waals surface area contributed by atoms with E-state index in [1.807, 2.05) is 56.3 Å². The summed E-state index contributed by atoms with van der Waals surface area (Å²) in [6.07, 6.45) is 3.50. The van der Waals surface area contributed by atoms with Gasteiger partial charge < -0.3 is 10.1 Å². The number of hydrogen-bond donors (Lipinski definition) is 1. The molecule has 0 aliphatic heterocycles. The minimum Gasteiger partial charge on any atom is -0.489 e. The summed E-state index contributed by atoms with van der Waals surface area (Å²) in [5, 5.41) is 7.56. The van der Waals surface area contributed by atoms with Gasteiger partial charge in [0, 0.05) is 30.2 Å². The molecule has 8 heteroatoms. The van der Waals surface area contributed by atoms with Crippen LogP contribution in [0.3, 0.4) is 0 Å². The Morgan fingerprint density at radius 3 is 2.59 bits per heavy atom. The molecule has 0 aliphatic carbocycles. The van der Waals surface area contributed by atoms with Crippen molar-refractivity contribution in [2.75, 3.05) is 0 Å². The number of rotatable bonds is 7. The highest BCUT2D eigenvalue weighted by molar-refractivity contribution is 6.33. The van der Waals surface area contributed by atoms with Crippen LogP contribution in [0.5, 0.6) is 5.75 Å². The molecular formula is C24H22ClN5O2. The third-order valence-electron chi connectivity index (χ3n) is 4.78. The first-order valence-corrected chi connectivity index (χ1v) is 10.5. The zero-order chi connectivity index (χ0) is 22.5. The summed E-state index contributed by atoms with van der Waals surface area (Å²) in [7, 11) is 0. The van der Waals surface area contributed by atoms with Gasteiger partial charge in [-0.05, 0) is 55.8 Å². The molecule has 0 aliphatic rings. The fourth-order valence-corrected chi connectivity index (χ4v) is 3.38. The van der Waals surface area contributed by atoms with E-state index in [1.165, 1.54) is 0 Å². The van der Waals surface area contributed by atoms with E-state index in [-0.39, 0.29) is 16.6 Å². The number of aromatic nitrogens is 4. The number of ether oxygens (including phenoxy) is 1. The molecule has 1 aromatic carbocycles. The molecule has 162 valence electrons. The Morgan fingerprint density at radius 2 is 1.91 bits per heavy atom. The van der Waals surface area contributed by atoms with Gasteiger partial charge in [0.15, 0.2) is 5.82 Å². The Labute approximate surface area is 191 Å². The first kappa shape index (κ1) is 21.5. The summed E-state index contributed by atoms with van der Waals surface area (Å²) in [5.74, 6) is 0.932. The van der Waals surface area contributed by atoms with E-state index >= 15 is 0 Å². The summed E-state index contributed by atoms with van der Waals surface area (Å²) < 4.78 is 7.45. The number of nitrogens with zero attached hydrogens (tertiary/aromatic N) is 4. The molecule has 4 rings (SSSR count). The molecular weight excluding hydrogens is 426 g/mol. The van der Waals surface area contributed by atoms with Gasteiger partial charge in [-0.25, -0.2) is 9.67 Å². The van der Waals surface area contributed by atoms with Crippen molar-refractivity contribution in [1.82, 2.24) is 25.1 Å². The predicted molar refractivity (Wildman–Crippen MR) is 122 cm³/mol. The third kappa shape index (κ3) is 5.12. The number of amides is 1. The molecule has 0 unspecified atom stereocenters.